The van der Waals surface area contributed by atoms with Gasteiger partial charge in [0.05, 0.1) is 13.2 Å². The van der Waals surface area contributed by atoms with Crippen molar-refractivity contribution < 1.29 is 19.1 Å². The second-order valence-electron chi connectivity index (χ2n) is 4.76. The number of morpholine rings is 1. The third-order valence-electron chi connectivity index (χ3n) is 2.63. The van der Waals surface area contributed by atoms with E-state index in [0.717, 1.165) is 0 Å². The maximum Gasteiger partial charge on any atom is 0.410 e. The molecule has 0 aromatic rings. The predicted molar refractivity (Wildman–Crippen MR) is 67.0 cm³/mol. The van der Waals surface area contributed by atoms with Crippen LogP contribution >= 0.6 is 0 Å². The first kappa shape index (κ1) is 14.6. The molecular formula is C12H20N2O4. The van der Waals surface area contributed by atoms with Gasteiger partial charge in [-0.1, -0.05) is 0 Å². The number of rotatable bonds is 4. The minimum absolute atomic E-state index is 0.250. The van der Waals surface area contributed by atoms with Crippen molar-refractivity contribution in [1.29, 1.82) is 0 Å². The van der Waals surface area contributed by atoms with Gasteiger partial charge in [-0.15, -0.1) is 0 Å². The third-order valence-corrected chi connectivity index (χ3v) is 2.63. The van der Waals surface area contributed by atoms with Crippen LogP contribution < -0.4 is 0 Å². The Labute approximate surface area is 107 Å². The molecule has 0 aliphatic carbocycles. The highest BCUT2D eigenvalue weighted by Gasteiger charge is 2.29. The first-order valence-electron chi connectivity index (χ1n) is 5.94. The minimum atomic E-state index is -0.606. The summed E-state index contributed by atoms with van der Waals surface area (Å²) in [5.41, 5.74) is -0.606. The Morgan fingerprint density at radius 1 is 1.61 bits per heavy atom. The molecule has 1 fully saturated rings. The van der Waals surface area contributed by atoms with Crippen molar-refractivity contribution in [2.75, 3.05) is 26.7 Å². The molecule has 1 atom stereocenters. The first-order chi connectivity index (χ1) is 8.48. The summed E-state index contributed by atoms with van der Waals surface area (Å²) in [6.45, 7) is 4.70. The molecule has 0 N–H and O–H groups in total. The molecule has 102 valence electrons. The molecule has 0 spiro atoms. The predicted octanol–water partition coefficient (Wildman–Crippen LogP) is 0.892. The van der Waals surface area contributed by atoms with E-state index in [9.17, 15) is 9.59 Å². The van der Waals surface area contributed by atoms with Gasteiger partial charge in [0, 0.05) is 26.2 Å². The number of carbonyl (C=O) groups is 2. The Kier molecular flexibility index (Phi) is 5.27. The van der Waals surface area contributed by atoms with Gasteiger partial charge in [-0.3, -0.25) is 0 Å². The number of aliphatic imine (C=N–C) groups is 1. The minimum Gasteiger partial charge on any atom is -0.443 e. The number of ether oxygens (including phenoxy) is 2. The Balaban J connectivity index is 2.51. The number of amides is 1. The van der Waals surface area contributed by atoms with Crippen LogP contribution in [-0.4, -0.2) is 61.9 Å². The fourth-order valence-electron chi connectivity index (χ4n) is 1.58. The second kappa shape index (κ2) is 6.49. The lowest BCUT2D eigenvalue weighted by atomic mass is 10.1. The van der Waals surface area contributed by atoms with Crippen molar-refractivity contribution >= 4 is 18.6 Å². The number of hydrogen-bond donors (Lipinski definition) is 0. The van der Waals surface area contributed by atoms with Gasteiger partial charge < -0.3 is 24.2 Å². The van der Waals surface area contributed by atoms with Gasteiger partial charge >= 0.3 is 6.09 Å². The smallest absolute Gasteiger partial charge is 0.410 e. The zero-order valence-corrected chi connectivity index (χ0v) is 11.1. The van der Waals surface area contributed by atoms with Crippen LogP contribution in [0.25, 0.3) is 0 Å². The second-order valence-corrected chi connectivity index (χ2v) is 4.76. The summed E-state index contributed by atoms with van der Waals surface area (Å²) in [5, 5.41) is 0. The van der Waals surface area contributed by atoms with Crippen LogP contribution in [0.5, 0.6) is 0 Å². The van der Waals surface area contributed by atoms with Gasteiger partial charge in [0.2, 0.25) is 0 Å². The Bertz CT molecular complexity index is 328. The Morgan fingerprint density at radius 3 is 2.94 bits per heavy atom. The normalized spacial score (nSPS) is 21.1. The van der Waals surface area contributed by atoms with Crippen LogP contribution in [0.3, 0.4) is 0 Å². The SMILES string of the molecule is CN=CCC(C)(C)OC(=O)N1CCO[C@@H](C=O)C1. The fraction of sp³-hybridized carbons (Fsp3) is 0.750. The van der Waals surface area contributed by atoms with Gasteiger partial charge in [0.25, 0.3) is 0 Å². The lowest BCUT2D eigenvalue weighted by Gasteiger charge is -2.33. The summed E-state index contributed by atoms with van der Waals surface area (Å²) >= 11 is 0. The molecule has 1 amide bonds. The molecule has 6 heteroatoms. The topological polar surface area (TPSA) is 68.2 Å². The van der Waals surface area contributed by atoms with Crippen molar-refractivity contribution in [3.05, 3.63) is 0 Å². The third kappa shape index (κ3) is 4.44. The highest BCUT2D eigenvalue weighted by Crippen LogP contribution is 2.16. The Hall–Kier alpha value is -1.43. The molecule has 0 bridgehead atoms. The maximum absolute atomic E-state index is 11.9. The monoisotopic (exact) mass is 256 g/mol. The van der Waals surface area contributed by atoms with Gasteiger partial charge in [0.15, 0.2) is 6.29 Å². The highest BCUT2D eigenvalue weighted by molar-refractivity contribution is 5.70. The zero-order chi connectivity index (χ0) is 13.6. The molecule has 0 saturated carbocycles. The van der Waals surface area contributed by atoms with E-state index in [1.807, 2.05) is 13.8 Å². The first-order valence-corrected chi connectivity index (χ1v) is 5.94. The van der Waals surface area contributed by atoms with E-state index >= 15 is 0 Å². The van der Waals surface area contributed by atoms with Crippen molar-refractivity contribution in [1.82, 2.24) is 4.90 Å². The molecule has 0 unspecified atom stereocenters. The maximum atomic E-state index is 11.9. The molecule has 6 nitrogen and oxygen atoms in total. The molecule has 1 aliphatic rings. The highest BCUT2D eigenvalue weighted by atomic mass is 16.6. The molecule has 0 radical (unpaired) electrons. The molecule has 0 aromatic carbocycles. The summed E-state index contributed by atoms with van der Waals surface area (Å²) in [5.74, 6) is 0. The fourth-order valence-corrected chi connectivity index (χ4v) is 1.58. The van der Waals surface area contributed by atoms with Crippen LogP contribution in [0, 0.1) is 0 Å². The summed E-state index contributed by atoms with van der Waals surface area (Å²) in [6, 6.07) is 0. The van der Waals surface area contributed by atoms with Crippen LogP contribution in [0.1, 0.15) is 20.3 Å². The van der Waals surface area contributed by atoms with Crippen LogP contribution in [0.4, 0.5) is 4.79 Å². The molecular weight excluding hydrogens is 236 g/mol. The number of nitrogens with zero attached hydrogens (tertiary/aromatic N) is 2. The van der Waals surface area contributed by atoms with Gasteiger partial charge in [-0.25, -0.2) is 4.79 Å². The largest absolute Gasteiger partial charge is 0.443 e. The van der Waals surface area contributed by atoms with E-state index in [-0.39, 0.29) is 6.54 Å². The quantitative estimate of drug-likeness (QED) is 0.553. The van der Waals surface area contributed by atoms with E-state index in [1.165, 1.54) is 4.90 Å². The molecule has 1 saturated heterocycles. The lowest BCUT2D eigenvalue weighted by molar-refractivity contribution is -0.123. The zero-order valence-electron chi connectivity index (χ0n) is 11.1. The number of hydrogen-bond acceptors (Lipinski definition) is 5. The van der Waals surface area contributed by atoms with E-state index in [0.29, 0.717) is 25.9 Å². The van der Waals surface area contributed by atoms with Crippen molar-refractivity contribution in [2.24, 2.45) is 4.99 Å². The summed E-state index contributed by atoms with van der Waals surface area (Å²) in [4.78, 5) is 27.9. The van der Waals surface area contributed by atoms with Gasteiger partial charge in [0.1, 0.15) is 11.7 Å². The van der Waals surface area contributed by atoms with Crippen molar-refractivity contribution in [3.63, 3.8) is 0 Å². The Morgan fingerprint density at radius 2 is 2.33 bits per heavy atom. The van der Waals surface area contributed by atoms with Gasteiger partial charge in [-0.2, -0.15) is 0 Å². The molecule has 1 heterocycles. The summed E-state index contributed by atoms with van der Waals surface area (Å²) < 4.78 is 10.6. The summed E-state index contributed by atoms with van der Waals surface area (Å²) in [7, 11) is 1.68. The van der Waals surface area contributed by atoms with Crippen molar-refractivity contribution in [2.45, 2.75) is 32.0 Å². The number of aldehydes is 1. The van der Waals surface area contributed by atoms with Crippen molar-refractivity contribution in [3.8, 4) is 0 Å². The standard InChI is InChI=1S/C12H20N2O4/c1-12(2,4-5-13-3)18-11(16)14-6-7-17-10(8-14)9-15/h5,9-10H,4,6-8H2,1-3H3/t10-/m1/s1. The van der Waals surface area contributed by atoms with Crippen LogP contribution in [-0.2, 0) is 14.3 Å². The van der Waals surface area contributed by atoms with Crippen LogP contribution in [0.15, 0.2) is 4.99 Å². The number of carbonyl (C=O) groups excluding carboxylic acids is 2. The van der Waals surface area contributed by atoms with E-state index in [1.54, 1.807) is 13.3 Å². The average molecular weight is 256 g/mol. The van der Waals surface area contributed by atoms with E-state index in [4.69, 9.17) is 9.47 Å². The average Bonchev–Trinajstić information content (AvgIpc) is 2.36. The molecule has 18 heavy (non-hydrogen) atoms. The molecule has 1 rings (SSSR count). The van der Waals surface area contributed by atoms with E-state index in [2.05, 4.69) is 4.99 Å². The van der Waals surface area contributed by atoms with E-state index < -0.39 is 17.8 Å². The molecule has 1 aliphatic heterocycles. The van der Waals surface area contributed by atoms with Crippen LogP contribution in [0.2, 0.25) is 0 Å². The molecule has 0 aromatic heterocycles. The van der Waals surface area contributed by atoms with Gasteiger partial charge in [-0.05, 0) is 13.8 Å². The summed E-state index contributed by atoms with van der Waals surface area (Å²) in [6.07, 6.45) is 2.00. The lowest BCUT2D eigenvalue weighted by Crippen LogP contribution is -2.48.